The fourth-order valence-electron chi connectivity index (χ4n) is 4.35. The molecule has 0 radical (unpaired) electrons. The first-order valence-corrected chi connectivity index (χ1v) is 11.1. The molecule has 1 heterocycles. The third-order valence-electron chi connectivity index (χ3n) is 6.01. The number of ether oxygens (including phenoxy) is 1. The summed E-state index contributed by atoms with van der Waals surface area (Å²) in [6.07, 6.45) is 0. The fourth-order valence-corrected chi connectivity index (χ4v) is 4.35. The molecule has 0 fully saturated rings. The first kappa shape index (κ1) is 21.4. The van der Waals surface area contributed by atoms with E-state index < -0.39 is 5.97 Å². The first-order chi connectivity index (χ1) is 16.5. The van der Waals surface area contributed by atoms with E-state index in [0.29, 0.717) is 22.4 Å². The van der Waals surface area contributed by atoms with Gasteiger partial charge >= 0.3 is 5.97 Å². The van der Waals surface area contributed by atoms with Crippen LogP contribution in [0.3, 0.4) is 0 Å². The van der Waals surface area contributed by atoms with Gasteiger partial charge in [0.25, 0.3) is 0 Å². The topological polar surface area (TPSA) is 48.3 Å². The highest BCUT2D eigenvalue weighted by Gasteiger charge is 2.23. The van der Waals surface area contributed by atoms with E-state index >= 15 is 0 Å². The van der Waals surface area contributed by atoms with Gasteiger partial charge in [-0.25, -0.2) is 4.79 Å². The van der Waals surface area contributed by atoms with E-state index in [1.54, 1.807) is 36.4 Å². The van der Waals surface area contributed by atoms with Crippen LogP contribution in [-0.4, -0.2) is 16.3 Å². The number of para-hydroxylation sites is 1. The lowest BCUT2D eigenvalue weighted by Crippen LogP contribution is -2.08. The number of aromatic nitrogens is 1. The quantitative estimate of drug-likeness (QED) is 0.172. The number of hydrogen-bond donors (Lipinski definition) is 0. The molecule has 34 heavy (non-hydrogen) atoms. The van der Waals surface area contributed by atoms with Crippen molar-refractivity contribution in [3.05, 3.63) is 131 Å². The summed E-state index contributed by atoms with van der Waals surface area (Å²) in [5, 5.41) is 0.743. The highest BCUT2D eigenvalue weighted by Crippen LogP contribution is 2.34. The van der Waals surface area contributed by atoms with Gasteiger partial charge in [0.05, 0.1) is 16.6 Å². The van der Waals surface area contributed by atoms with Gasteiger partial charge in [0, 0.05) is 22.3 Å². The maximum atomic E-state index is 13.6. The van der Waals surface area contributed by atoms with Gasteiger partial charge < -0.3 is 9.30 Å². The zero-order chi connectivity index (χ0) is 23.7. The highest BCUT2D eigenvalue weighted by molar-refractivity contribution is 6.18. The van der Waals surface area contributed by atoms with Crippen LogP contribution in [0.15, 0.2) is 103 Å². The monoisotopic (exact) mass is 445 g/mol. The number of esters is 1. The molecule has 0 aliphatic rings. The molecule has 0 bridgehead atoms. The maximum Gasteiger partial charge on any atom is 0.343 e. The zero-order valence-electron chi connectivity index (χ0n) is 19.0. The van der Waals surface area contributed by atoms with Crippen molar-refractivity contribution in [1.29, 1.82) is 0 Å². The molecular weight excluding hydrogens is 422 g/mol. The summed E-state index contributed by atoms with van der Waals surface area (Å²) < 4.78 is 7.77. The van der Waals surface area contributed by atoms with Crippen LogP contribution in [0, 0.1) is 13.8 Å². The second kappa shape index (κ2) is 8.83. The van der Waals surface area contributed by atoms with Gasteiger partial charge in [0.2, 0.25) is 0 Å². The predicted molar refractivity (Wildman–Crippen MR) is 134 cm³/mol. The summed E-state index contributed by atoms with van der Waals surface area (Å²) in [5.41, 5.74) is 5.50. The molecule has 0 aliphatic heterocycles. The van der Waals surface area contributed by atoms with E-state index in [2.05, 4.69) is 17.6 Å². The molecule has 0 N–H and O–H groups in total. The minimum absolute atomic E-state index is 0.0676. The number of rotatable bonds is 5. The Hall–Kier alpha value is -4.44. The normalized spacial score (nSPS) is 10.9. The van der Waals surface area contributed by atoms with E-state index in [-0.39, 0.29) is 5.78 Å². The Labute approximate surface area is 198 Å². The molecule has 0 saturated carbocycles. The smallest absolute Gasteiger partial charge is 0.343 e. The van der Waals surface area contributed by atoms with Crippen LogP contribution in [0.5, 0.6) is 5.75 Å². The standard InChI is InChI=1S/C30H23NO3/c1-20-11-9-10-16-26(20)31-21(2)28(29(32)22-12-5-3-6-13-22)25-19-24(17-18-27(25)31)34-30(33)23-14-7-4-8-15-23/h3-19H,1-2H3. The van der Waals surface area contributed by atoms with E-state index in [0.717, 1.165) is 27.8 Å². The molecule has 4 heteroatoms. The Morgan fingerprint density at radius 3 is 2.00 bits per heavy atom. The van der Waals surface area contributed by atoms with Crippen LogP contribution in [0.4, 0.5) is 0 Å². The lowest BCUT2D eigenvalue weighted by molar-refractivity contribution is 0.0735. The molecule has 5 aromatic rings. The molecule has 166 valence electrons. The van der Waals surface area contributed by atoms with E-state index in [9.17, 15) is 9.59 Å². The molecular formula is C30H23NO3. The summed E-state index contributed by atoms with van der Waals surface area (Å²) in [4.78, 5) is 26.3. The van der Waals surface area contributed by atoms with Crippen molar-refractivity contribution in [2.45, 2.75) is 13.8 Å². The Balaban J connectivity index is 1.69. The van der Waals surface area contributed by atoms with E-state index in [1.807, 2.05) is 67.6 Å². The van der Waals surface area contributed by atoms with Gasteiger partial charge in [-0.05, 0) is 55.8 Å². The van der Waals surface area contributed by atoms with E-state index in [4.69, 9.17) is 4.74 Å². The van der Waals surface area contributed by atoms with Crippen molar-refractivity contribution in [2.24, 2.45) is 0 Å². The van der Waals surface area contributed by atoms with Crippen LogP contribution >= 0.6 is 0 Å². The molecule has 1 aromatic heterocycles. The van der Waals surface area contributed by atoms with Gasteiger partial charge in [-0.15, -0.1) is 0 Å². The zero-order valence-corrected chi connectivity index (χ0v) is 19.0. The number of hydrogen-bond acceptors (Lipinski definition) is 3. The second-order valence-electron chi connectivity index (χ2n) is 8.21. The Kier molecular flexibility index (Phi) is 5.56. The van der Waals surface area contributed by atoms with Crippen molar-refractivity contribution in [2.75, 3.05) is 0 Å². The predicted octanol–water partition coefficient (Wildman–Crippen LogP) is 6.70. The highest BCUT2D eigenvalue weighted by atomic mass is 16.5. The Bertz CT molecular complexity index is 1520. The van der Waals surface area contributed by atoms with Gasteiger partial charge in [0.15, 0.2) is 5.78 Å². The molecule has 4 nitrogen and oxygen atoms in total. The number of benzene rings is 4. The molecule has 0 unspecified atom stereocenters. The molecule has 0 saturated heterocycles. The average Bonchev–Trinajstić information content (AvgIpc) is 3.15. The molecule has 0 aliphatic carbocycles. The molecule has 0 atom stereocenters. The van der Waals surface area contributed by atoms with Crippen molar-refractivity contribution in [3.63, 3.8) is 0 Å². The van der Waals surface area contributed by atoms with Gasteiger partial charge in [-0.2, -0.15) is 0 Å². The molecule has 0 amide bonds. The third kappa shape index (κ3) is 3.80. The van der Waals surface area contributed by atoms with E-state index in [1.165, 1.54) is 0 Å². The van der Waals surface area contributed by atoms with Gasteiger partial charge in [-0.1, -0.05) is 66.7 Å². The average molecular weight is 446 g/mol. The lowest BCUT2D eigenvalue weighted by atomic mass is 10.0. The molecule has 4 aromatic carbocycles. The third-order valence-corrected chi connectivity index (χ3v) is 6.01. The van der Waals surface area contributed by atoms with Crippen molar-refractivity contribution in [1.82, 2.24) is 4.57 Å². The summed E-state index contributed by atoms with van der Waals surface area (Å²) in [6, 6.07) is 31.6. The summed E-state index contributed by atoms with van der Waals surface area (Å²) in [5.74, 6) is -0.113. The lowest BCUT2D eigenvalue weighted by Gasteiger charge is -2.12. The van der Waals surface area contributed by atoms with Crippen LogP contribution in [-0.2, 0) is 0 Å². The number of nitrogens with zero attached hydrogens (tertiary/aromatic N) is 1. The summed E-state index contributed by atoms with van der Waals surface area (Å²) in [6.45, 7) is 4.01. The van der Waals surface area contributed by atoms with Crippen LogP contribution in [0.25, 0.3) is 16.6 Å². The summed E-state index contributed by atoms with van der Waals surface area (Å²) in [7, 11) is 0. The number of carbonyl (C=O) groups is 2. The first-order valence-electron chi connectivity index (χ1n) is 11.1. The van der Waals surface area contributed by atoms with Crippen molar-refractivity contribution in [3.8, 4) is 11.4 Å². The minimum Gasteiger partial charge on any atom is -0.423 e. The molecule has 5 rings (SSSR count). The summed E-state index contributed by atoms with van der Waals surface area (Å²) >= 11 is 0. The van der Waals surface area contributed by atoms with Gasteiger partial charge in [0.1, 0.15) is 5.75 Å². The maximum absolute atomic E-state index is 13.6. The number of fused-ring (bicyclic) bond motifs is 1. The largest absolute Gasteiger partial charge is 0.423 e. The second-order valence-corrected chi connectivity index (χ2v) is 8.21. The van der Waals surface area contributed by atoms with Crippen molar-refractivity contribution < 1.29 is 14.3 Å². The Morgan fingerprint density at radius 1 is 0.706 bits per heavy atom. The SMILES string of the molecule is Cc1ccccc1-n1c(C)c(C(=O)c2ccccc2)c2cc(OC(=O)c3ccccc3)ccc21. The number of carbonyl (C=O) groups excluding carboxylic acids is 2. The number of aryl methyl sites for hydroxylation is 1. The number of ketones is 1. The fraction of sp³-hybridized carbons (Fsp3) is 0.0667. The van der Waals surface area contributed by atoms with Gasteiger partial charge in [-0.3, -0.25) is 4.79 Å². The van der Waals surface area contributed by atoms with Crippen LogP contribution in [0.2, 0.25) is 0 Å². The van der Waals surface area contributed by atoms with Crippen molar-refractivity contribution >= 4 is 22.7 Å². The minimum atomic E-state index is -0.439. The molecule has 0 spiro atoms. The van der Waals surface area contributed by atoms with Crippen LogP contribution < -0.4 is 4.74 Å². The Morgan fingerprint density at radius 2 is 1.32 bits per heavy atom. The van der Waals surface area contributed by atoms with Crippen LogP contribution in [0.1, 0.15) is 37.5 Å².